The van der Waals surface area contributed by atoms with E-state index in [0.29, 0.717) is 12.0 Å². The molecule has 0 bridgehead atoms. The van der Waals surface area contributed by atoms with Gasteiger partial charge in [0.05, 0.1) is 18.8 Å². The largest absolute Gasteiger partial charge is 0.497 e. The van der Waals surface area contributed by atoms with E-state index in [1.807, 2.05) is 24.5 Å². The standard InChI is InChI=1S/C23H28N4O/c1-17(2)23-24-13-15-27(23)22-8-4-6-20(25-22)21-7-5-14-26(21)16-18-9-11-19(28-3)12-10-18/h4,6,8-13,15,17,21H,5,7,14,16H2,1-3H3/t21-/m1/s1. The monoisotopic (exact) mass is 376 g/mol. The lowest BCUT2D eigenvalue weighted by atomic mass is 10.1. The summed E-state index contributed by atoms with van der Waals surface area (Å²) in [5, 5.41) is 0. The van der Waals surface area contributed by atoms with Gasteiger partial charge in [0.25, 0.3) is 0 Å². The third kappa shape index (κ3) is 3.80. The van der Waals surface area contributed by atoms with Crippen molar-refractivity contribution in [2.45, 2.75) is 45.2 Å². The number of pyridine rings is 1. The van der Waals surface area contributed by atoms with Crippen LogP contribution in [0.15, 0.2) is 54.9 Å². The van der Waals surface area contributed by atoms with Crippen molar-refractivity contribution in [3.63, 3.8) is 0 Å². The van der Waals surface area contributed by atoms with Crippen LogP contribution < -0.4 is 4.74 Å². The molecule has 0 saturated carbocycles. The number of methoxy groups -OCH3 is 1. The first-order valence-electron chi connectivity index (χ1n) is 10.0. The first-order chi connectivity index (χ1) is 13.7. The quantitative estimate of drug-likeness (QED) is 0.623. The van der Waals surface area contributed by atoms with Crippen LogP contribution in [0.2, 0.25) is 0 Å². The van der Waals surface area contributed by atoms with Crippen molar-refractivity contribution < 1.29 is 4.74 Å². The van der Waals surface area contributed by atoms with E-state index in [2.05, 4.69) is 58.6 Å². The van der Waals surface area contributed by atoms with Crippen molar-refractivity contribution in [2.75, 3.05) is 13.7 Å². The zero-order chi connectivity index (χ0) is 19.5. The Morgan fingerprint density at radius 3 is 2.71 bits per heavy atom. The third-order valence-electron chi connectivity index (χ3n) is 5.44. The van der Waals surface area contributed by atoms with Crippen molar-refractivity contribution in [2.24, 2.45) is 0 Å². The molecule has 0 unspecified atom stereocenters. The Kier molecular flexibility index (Phi) is 5.44. The molecule has 3 heterocycles. The molecule has 0 radical (unpaired) electrons. The van der Waals surface area contributed by atoms with Gasteiger partial charge in [0, 0.05) is 24.9 Å². The van der Waals surface area contributed by atoms with Gasteiger partial charge in [-0.15, -0.1) is 0 Å². The molecule has 28 heavy (non-hydrogen) atoms. The number of hydrogen-bond donors (Lipinski definition) is 0. The Bertz CT molecular complexity index is 916. The molecule has 5 heteroatoms. The van der Waals surface area contributed by atoms with Gasteiger partial charge in [0.1, 0.15) is 17.4 Å². The van der Waals surface area contributed by atoms with Gasteiger partial charge in [-0.05, 0) is 49.2 Å². The molecule has 3 aromatic rings. The number of likely N-dealkylation sites (tertiary alicyclic amines) is 1. The van der Waals surface area contributed by atoms with Crippen molar-refractivity contribution in [1.82, 2.24) is 19.4 Å². The predicted molar refractivity (Wildman–Crippen MR) is 111 cm³/mol. The fraction of sp³-hybridized carbons (Fsp3) is 0.391. The normalized spacial score (nSPS) is 17.4. The van der Waals surface area contributed by atoms with Crippen LogP contribution in [-0.2, 0) is 6.54 Å². The molecule has 1 aromatic carbocycles. The maximum atomic E-state index is 5.27. The summed E-state index contributed by atoms with van der Waals surface area (Å²) in [6.45, 7) is 6.36. The lowest BCUT2D eigenvalue weighted by Gasteiger charge is -2.24. The second-order valence-corrected chi connectivity index (χ2v) is 7.71. The summed E-state index contributed by atoms with van der Waals surface area (Å²) in [6, 6.07) is 15.1. The van der Waals surface area contributed by atoms with E-state index < -0.39 is 0 Å². The zero-order valence-corrected chi connectivity index (χ0v) is 16.9. The van der Waals surface area contributed by atoms with Gasteiger partial charge < -0.3 is 4.74 Å². The van der Waals surface area contributed by atoms with Gasteiger partial charge in [-0.3, -0.25) is 9.47 Å². The van der Waals surface area contributed by atoms with E-state index in [-0.39, 0.29) is 0 Å². The first-order valence-corrected chi connectivity index (χ1v) is 10.0. The molecule has 0 amide bonds. The number of ether oxygens (including phenoxy) is 1. The number of rotatable bonds is 6. The number of imidazole rings is 1. The van der Waals surface area contributed by atoms with Crippen LogP contribution in [0.3, 0.4) is 0 Å². The van der Waals surface area contributed by atoms with Gasteiger partial charge in [-0.2, -0.15) is 0 Å². The summed E-state index contributed by atoms with van der Waals surface area (Å²) < 4.78 is 7.38. The molecule has 146 valence electrons. The number of benzene rings is 1. The van der Waals surface area contributed by atoms with Crippen molar-refractivity contribution >= 4 is 0 Å². The Morgan fingerprint density at radius 2 is 1.96 bits per heavy atom. The minimum absolute atomic E-state index is 0.355. The lowest BCUT2D eigenvalue weighted by Crippen LogP contribution is -2.23. The van der Waals surface area contributed by atoms with Crippen molar-refractivity contribution in [3.05, 3.63) is 71.9 Å². The van der Waals surface area contributed by atoms with E-state index in [9.17, 15) is 0 Å². The fourth-order valence-corrected chi connectivity index (χ4v) is 4.01. The minimum Gasteiger partial charge on any atom is -0.497 e. The van der Waals surface area contributed by atoms with E-state index in [0.717, 1.165) is 42.6 Å². The smallest absolute Gasteiger partial charge is 0.138 e. The molecular formula is C23H28N4O. The maximum Gasteiger partial charge on any atom is 0.138 e. The summed E-state index contributed by atoms with van der Waals surface area (Å²) >= 11 is 0. The maximum absolute atomic E-state index is 5.27. The van der Waals surface area contributed by atoms with Gasteiger partial charge in [0.2, 0.25) is 0 Å². The molecule has 1 aliphatic rings. The van der Waals surface area contributed by atoms with Gasteiger partial charge in [-0.25, -0.2) is 9.97 Å². The van der Waals surface area contributed by atoms with E-state index in [4.69, 9.17) is 9.72 Å². The molecule has 2 aromatic heterocycles. The average Bonchev–Trinajstić information content (AvgIpc) is 3.38. The number of nitrogens with zero attached hydrogens (tertiary/aromatic N) is 4. The molecule has 1 aliphatic heterocycles. The van der Waals surface area contributed by atoms with Crippen LogP contribution in [0.1, 0.15) is 55.7 Å². The minimum atomic E-state index is 0.355. The topological polar surface area (TPSA) is 43.2 Å². The SMILES string of the molecule is COc1ccc(CN2CCC[C@@H]2c2cccc(-n3ccnc3C(C)C)n2)cc1. The van der Waals surface area contributed by atoms with Crippen molar-refractivity contribution in [1.29, 1.82) is 0 Å². The first kappa shape index (κ1) is 18.7. The highest BCUT2D eigenvalue weighted by atomic mass is 16.5. The highest BCUT2D eigenvalue weighted by Gasteiger charge is 2.27. The average molecular weight is 377 g/mol. The highest BCUT2D eigenvalue weighted by Crippen LogP contribution is 2.33. The van der Waals surface area contributed by atoms with Crippen molar-refractivity contribution in [3.8, 4) is 11.6 Å². The third-order valence-corrected chi connectivity index (χ3v) is 5.44. The number of hydrogen-bond acceptors (Lipinski definition) is 4. The second kappa shape index (κ2) is 8.15. The molecule has 0 spiro atoms. The summed E-state index contributed by atoms with van der Waals surface area (Å²) in [5.41, 5.74) is 2.45. The highest BCUT2D eigenvalue weighted by molar-refractivity contribution is 5.30. The van der Waals surface area contributed by atoms with Crippen LogP contribution in [0.25, 0.3) is 5.82 Å². The van der Waals surface area contributed by atoms with Gasteiger partial charge in [0.15, 0.2) is 0 Å². The van der Waals surface area contributed by atoms with Crippen LogP contribution in [0.5, 0.6) is 5.75 Å². The zero-order valence-electron chi connectivity index (χ0n) is 16.9. The van der Waals surface area contributed by atoms with Crippen LogP contribution >= 0.6 is 0 Å². The molecule has 1 atom stereocenters. The Morgan fingerprint density at radius 1 is 1.14 bits per heavy atom. The molecule has 5 nitrogen and oxygen atoms in total. The molecule has 1 saturated heterocycles. The van der Waals surface area contributed by atoms with E-state index in [1.165, 1.54) is 12.0 Å². The van der Waals surface area contributed by atoms with E-state index in [1.54, 1.807) is 7.11 Å². The molecule has 1 fully saturated rings. The van der Waals surface area contributed by atoms with Crippen LogP contribution in [0, 0.1) is 0 Å². The summed E-state index contributed by atoms with van der Waals surface area (Å²) in [7, 11) is 1.70. The van der Waals surface area contributed by atoms with Gasteiger partial charge in [-0.1, -0.05) is 32.0 Å². The number of aromatic nitrogens is 3. The summed E-state index contributed by atoms with van der Waals surface area (Å²) in [6.07, 6.45) is 6.21. The second-order valence-electron chi connectivity index (χ2n) is 7.71. The molecule has 0 aliphatic carbocycles. The predicted octanol–water partition coefficient (Wildman–Crippen LogP) is 4.74. The molecule has 0 N–H and O–H groups in total. The van der Waals surface area contributed by atoms with E-state index >= 15 is 0 Å². The Hall–Kier alpha value is -2.66. The van der Waals surface area contributed by atoms with Crippen LogP contribution in [-0.4, -0.2) is 33.1 Å². The molecular weight excluding hydrogens is 348 g/mol. The summed E-state index contributed by atoms with van der Waals surface area (Å²) in [4.78, 5) is 12.1. The van der Waals surface area contributed by atoms with Gasteiger partial charge >= 0.3 is 0 Å². The Balaban J connectivity index is 1.56. The summed E-state index contributed by atoms with van der Waals surface area (Å²) in [5.74, 6) is 3.26. The fourth-order valence-electron chi connectivity index (χ4n) is 4.01. The lowest BCUT2D eigenvalue weighted by molar-refractivity contribution is 0.244. The molecule has 4 rings (SSSR count). The van der Waals surface area contributed by atoms with Crippen LogP contribution in [0.4, 0.5) is 0 Å². The Labute approximate surface area is 167 Å².